The van der Waals surface area contributed by atoms with Crippen LogP contribution in [0.5, 0.6) is 0 Å². The lowest BCUT2D eigenvalue weighted by Crippen LogP contribution is -2.48. The van der Waals surface area contributed by atoms with E-state index in [1.807, 2.05) is 0 Å². The second-order valence-electron chi connectivity index (χ2n) is 8.44. The van der Waals surface area contributed by atoms with Gasteiger partial charge in [0.1, 0.15) is 18.4 Å². The maximum atomic E-state index is 14.4. The molecule has 1 saturated carbocycles. The predicted molar refractivity (Wildman–Crippen MR) is 123 cm³/mol. The molecule has 1 aliphatic rings. The molecule has 4 N–H and O–H groups in total. The van der Waals surface area contributed by atoms with Gasteiger partial charge in [-0.15, -0.1) is 0 Å². The summed E-state index contributed by atoms with van der Waals surface area (Å²) in [5.41, 5.74) is 6.16. The predicted octanol–water partition coefficient (Wildman–Crippen LogP) is 2.49. The maximum absolute atomic E-state index is 14.4. The van der Waals surface area contributed by atoms with Gasteiger partial charge in [-0.05, 0) is 31.4 Å². The van der Waals surface area contributed by atoms with Crippen LogP contribution >= 0.6 is 11.6 Å². The van der Waals surface area contributed by atoms with Crippen LogP contribution in [0.1, 0.15) is 48.3 Å². The number of primary amides is 1. The minimum atomic E-state index is -0.805. The molecule has 1 aromatic carbocycles. The van der Waals surface area contributed by atoms with Gasteiger partial charge in [0.2, 0.25) is 11.8 Å². The average Bonchev–Trinajstić information content (AvgIpc) is 3.54. The summed E-state index contributed by atoms with van der Waals surface area (Å²) >= 11 is 5.86. The van der Waals surface area contributed by atoms with E-state index < -0.39 is 35.6 Å². The number of nitrogens with zero attached hydrogens (tertiary/aromatic N) is 3. The second kappa shape index (κ2) is 9.76. The molecule has 1 aliphatic carbocycles. The minimum absolute atomic E-state index is 0.0299. The van der Waals surface area contributed by atoms with Crippen molar-refractivity contribution >= 4 is 40.2 Å². The number of amides is 3. The first-order valence-corrected chi connectivity index (χ1v) is 11.3. The summed E-state index contributed by atoms with van der Waals surface area (Å²) in [4.78, 5) is 41.6. The number of halogens is 2. The van der Waals surface area contributed by atoms with Crippen molar-refractivity contribution in [3.05, 3.63) is 58.8 Å². The third-order valence-corrected chi connectivity index (χ3v) is 6.10. The lowest BCUT2D eigenvalue weighted by molar-refractivity contribution is -0.130. The van der Waals surface area contributed by atoms with Crippen molar-refractivity contribution in [2.24, 2.45) is 11.7 Å². The lowest BCUT2D eigenvalue weighted by Gasteiger charge is -2.22. The van der Waals surface area contributed by atoms with Gasteiger partial charge in [-0.2, -0.15) is 5.10 Å². The molecule has 2 heterocycles. The van der Waals surface area contributed by atoms with Gasteiger partial charge >= 0.3 is 0 Å². The molecule has 1 fully saturated rings. The van der Waals surface area contributed by atoms with Gasteiger partial charge in [0.05, 0.1) is 22.8 Å². The number of hydrogen-bond acceptors (Lipinski definition) is 5. The fourth-order valence-corrected chi connectivity index (χ4v) is 4.05. The summed E-state index contributed by atoms with van der Waals surface area (Å²) in [7, 11) is 0. The summed E-state index contributed by atoms with van der Waals surface area (Å²) in [6.07, 6.45) is 5.42. The highest BCUT2D eigenvalue weighted by molar-refractivity contribution is 6.30. The van der Waals surface area contributed by atoms with Crippen molar-refractivity contribution < 1.29 is 18.8 Å². The number of rotatable bonds is 9. The van der Waals surface area contributed by atoms with Crippen LogP contribution < -0.4 is 16.4 Å². The number of fused-ring (bicyclic) bond motifs is 1. The molecule has 11 heteroatoms. The van der Waals surface area contributed by atoms with Crippen molar-refractivity contribution in [2.75, 3.05) is 0 Å². The van der Waals surface area contributed by atoms with Gasteiger partial charge in [0.15, 0.2) is 5.69 Å². The topological polar surface area (TPSA) is 132 Å². The Balaban J connectivity index is 1.47. The Hall–Kier alpha value is -3.53. The van der Waals surface area contributed by atoms with E-state index in [-0.39, 0.29) is 22.8 Å². The Morgan fingerprint density at radius 1 is 1.26 bits per heavy atom. The van der Waals surface area contributed by atoms with Gasteiger partial charge in [-0.25, -0.2) is 4.39 Å². The number of nitrogens with two attached hydrogens (primary N) is 1. The Bertz CT molecular complexity index is 1260. The largest absolute Gasteiger partial charge is 0.364 e. The van der Waals surface area contributed by atoms with E-state index in [1.54, 1.807) is 25.1 Å². The highest BCUT2D eigenvalue weighted by Crippen LogP contribution is 2.34. The smallest absolute Gasteiger partial charge is 0.269 e. The molecule has 34 heavy (non-hydrogen) atoms. The molecule has 0 spiro atoms. The van der Waals surface area contributed by atoms with E-state index in [1.165, 1.54) is 23.1 Å². The standard InChI is InChI=1S/C23H24ClFN6O3/c1-12(14-3-2-4-16(24)20(14)25)28-23(34)17(9-13-5-6-13)29-19(32)11-31-18-10-27-8-7-15(18)21(30-31)22(26)33/h2-4,7-8,10,12-13,17H,5-6,9,11H2,1H3,(H2,26,33)(H,28,34)(H,29,32)/t12-,17-/m0/s1. The quantitative estimate of drug-likeness (QED) is 0.427. The molecule has 0 saturated heterocycles. The third-order valence-electron chi connectivity index (χ3n) is 5.81. The number of carbonyl (C=O) groups excluding carboxylic acids is 3. The molecule has 0 unspecified atom stereocenters. The summed E-state index contributed by atoms with van der Waals surface area (Å²) < 4.78 is 15.7. The Morgan fingerprint density at radius 3 is 2.74 bits per heavy atom. The number of aromatic nitrogens is 3. The molecule has 2 atom stereocenters. The molecular weight excluding hydrogens is 463 g/mol. The van der Waals surface area contributed by atoms with E-state index in [9.17, 15) is 18.8 Å². The molecule has 0 bridgehead atoms. The van der Waals surface area contributed by atoms with Crippen LogP contribution in [0.3, 0.4) is 0 Å². The summed E-state index contributed by atoms with van der Waals surface area (Å²) in [6, 6.07) is 4.73. The molecule has 3 amide bonds. The first-order chi connectivity index (χ1) is 16.2. The van der Waals surface area contributed by atoms with Crippen molar-refractivity contribution in [1.82, 2.24) is 25.4 Å². The van der Waals surface area contributed by atoms with Crippen LogP contribution in [0.15, 0.2) is 36.7 Å². The van der Waals surface area contributed by atoms with E-state index in [2.05, 4.69) is 20.7 Å². The Kier molecular flexibility index (Phi) is 6.78. The van der Waals surface area contributed by atoms with Gasteiger partial charge in [0.25, 0.3) is 5.91 Å². The van der Waals surface area contributed by atoms with Crippen molar-refractivity contribution in [2.45, 2.75) is 44.8 Å². The highest BCUT2D eigenvalue weighted by atomic mass is 35.5. The normalized spacial score (nSPS) is 15.0. The van der Waals surface area contributed by atoms with Gasteiger partial charge in [0, 0.05) is 17.1 Å². The van der Waals surface area contributed by atoms with Crippen molar-refractivity contribution in [1.29, 1.82) is 0 Å². The van der Waals surface area contributed by atoms with Gasteiger partial charge in [-0.1, -0.05) is 36.6 Å². The molecule has 178 valence electrons. The summed E-state index contributed by atoms with van der Waals surface area (Å²) in [6.45, 7) is 1.42. The summed E-state index contributed by atoms with van der Waals surface area (Å²) in [5, 5.41) is 10.1. The SMILES string of the molecule is C[C@H](NC(=O)[C@H](CC1CC1)NC(=O)Cn1nc(C(N)=O)c2ccncc21)c1cccc(Cl)c1F. The van der Waals surface area contributed by atoms with Gasteiger partial charge < -0.3 is 16.4 Å². The average molecular weight is 487 g/mol. The number of carbonyl (C=O) groups is 3. The number of hydrogen-bond donors (Lipinski definition) is 3. The minimum Gasteiger partial charge on any atom is -0.364 e. The van der Waals surface area contributed by atoms with E-state index in [4.69, 9.17) is 17.3 Å². The fourth-order valence-electron chi connectivity index (χ4n) is 3.86. The van der Waals surface area contributed by atoms with Crippen molar-refractivity contribution in [3.63, 3.8) is 0 Å². The van der Waals surface area contributed by atoms with Crippen LogP contribution in [-0.2, 0) is 16.1 Å². The first kappa shape index (κ1) is 23.6. The zero-order chi connectivity index (χ0) is 24.4. The molecule has 0 radical (unpaired) electrons. The van der Waals surface area contributed by atoms with Gasteiger partial charge in [-0.3, -0.25) is 24.0 Å². The molecule has 0 aliphatic heterocycles. The zero-order valence-electron chi connectivity index (χ0n) is 18.4. The number of nitrogens with one attached hydrogen (secondary N) is 2. The van der Waals surface area contributed by atoms with Crippen LogP contribution in [0.25, 0.3) is 10.9 Å². The molecule has 4 rings (SSSR count). The molecule has 2 aromatic heterocycles. The van der Waals surface area contributed by atoms with E-state index in [0.29, 0.717) is 23.2 Å². The zero-order valence-corrected chi connectivity index (χ0v) is 19.2. The molecule has 9 nitrogen and oxygen atoms in total. The monoisotopic (exact) mass is 486 g/mol. The van der Waals surface area contributed by atoms with Crippen LogP contribution in [-0.4, -0.2) is 38.5 Å². The Morgan fingerprint density at radius 2 is 2.03 bits per heavy atom. The lowest BCUT2D eigenvalue weighted by atomic mass is 10.1. The fraction of sp³-hybridized carbons (Fsp3) is 0.348. The highest BCUT2D eigenvalue weighted by Gasteiger charge is 2.31. The number of benzene rings is 1. The number of pyridine rings is 1. The van der Waals surface area contributed by atoms with Crippen molar-refractivity contribution in [3.8, 4) is 0 Å². The van der Waals surface area contributed by atoms with E-state index >= 15 is 0 Å². The van der Waals surface area contributed by atoms with Crippen LogP contribution in [0.4, 0.5) is 4.39 Å². The van der Waals surface area contributed by atoms with E-state index in [0.717, 1.165) is 12.8 Å². The summed E-state index contributed by atoms with van der Waals surface area (Å²) in [5.74, 6) is -1.86. The third kappa shape index (κ3) is 5.17. The first-order valence-electron chi connectivity index (χ1n) is 10.9. The second-order valence-corrected chi connectivity index (χ2v) is 8.84. The van der Waals surface area contributed by atoms with Crippen LogP contribution in [0.2, 0.25) is 5.02 Å². The van der Waals surface area contributed by atoms with Crippen LogP contribution in [0, 0.1) is 11.7 Å². The molecular formula is C23H24ClFN6O3. The molecule has 3 aromatic rings. The maximum Gasteiger partial charge on any atom is 0.269 e. The Labute approximate surface area is 199 Å².